The predicted molar refractivity (Wildman–Crippen MR) is 91.3 cm³/mol. The van der Waals surface area contributed by atoms with Gasteiger partial charge in [-0.25, -0.2) is 0 Å². The standard InChI is InChI=1S/C17H20ClNOS/c1-3-16(19)17(14-9-4-5-10-15(14)18)21-13-8-6-7-12(11-13)20-2/h4-11,16-17H,3,19H2,1-2H3. The molecule has 2 rings (SSSR count). The number of thioether (sulfide) groups is 1. The van der Waals surface area contributed by atoms with E-state index < -0.39 is 0 Å². The summed E-state index contributed by atoms with van der Waals surface area (Å²) in [6.45, 7) is 2.10. The van der Waals surface area contributed by atoms with E-state index >= 15 is 0 Å². The van der Waals surface area contributed by atoms with Crippen LogP contribution in [0.15, 0.2) is 53.4 Å². The molecule has 0 fully saturated rings. The van der Waals surface area contributed by atoms with Crippen LogP contribution >= 0.6 is 23.4 Å². The molecular formula is C17H20ClNOS. The summed E-state index contributed by atoms with van der Waals surface area (Å²) in [6, 6.07) is 16.0. The van der Waals surface area contributed by atoms with E-state index in [1.165, 1.54) is 0 Å². The predicted octanol–water partition coefficient (Wildman–Crippen LogP) is 4.92. The van der Waals surface area contributed by atoms with Gasteiger partial charge in [-0.15, -0.1) is 11.8 Å². The van der Waals surface area contributed by atoms with Gasteiger partial charge in [0.15, 0.2) is 0 Å². The minimum atomic E-state index is 0.0427. The first-order valence-electron chi connectivity index (χ1n) is 6.96. The molecule has 2 atom stereocenters. The van der Waals surface area contributed by atoms with Gasteiger partial charge in [-0.2, -0.15) is 0 Å². The van der Waals surface area contributed by atoms with Crippen molar-refractivity contribution >= 4 is 23.4 Å². The van der Waals surface area contributed by atoms with Gasteiger partial charge in [0, 0.05) is 16.0 Å². The van der Waals surface area contributed by atoms with Crippen LogP contribution in [0.25, 0.3) is 0 Å². The van der Waals surface area contributed by atoms with Gasteiger partial charge in [0.25, 0.3) is 0 Å². The lowest BCUT2D eigenvalue weighted by atomic mass is 10.0. The van der Waals surface area contributed by atoms with Crippen molar-refractivity contribution in [3.05, 3.63) is 59.1 Å². The average molecular weight is 322 g/mol. The smallest absolute Gasteiger partial charge is 0.119 e. The largest absolute Gasteiger partial charge is 0.497 e. The Labute approximate surface area is 135 Å². The summed E-state index contributed by atoms with van der Waals surface area (Å²) in [5.41, 5.74) is 7.41. The van der Waals surface area contributed by atoms with Crippen LogP contribution in [-0.4, -0.2) is 13.2 Å². The molecule has 4 heteroatoms. The summed E-state index contributed by atoms with van der Waals surface area (Å²) >= 11 is 8.08. The molecule has 0 radical (unpaired) electrons. The quantitative estimate of drug-likeness (QED) is 0.767. The maximum Gasteiger partial charge on any atom is 0.119 e. The molecule has 0 aliphatic carbocycles. The summed E-state index contributed by atoms with van der Waals surface area (Å²) < 4.78 is 5.28. The Bertz CT molecular complexity index is 591. The van der Waals surface area contributed by atoms with E-state index in [1.807, 2.05) is 36.4 Å². The van der Waals surface area contributed by atoms with E-state index in [-0.39, 0.29) is 11.3 Å². The summed E-state index contributed by atoms with van der Waals surface area (Å²) in [5.74, 6) is 0.850. The maximum absolute atomic E-state index is 6.35. The van der Waals surface area contributed by atoms with Gasteiger partial charge in [0.1, 0.15) is 5.75 Å². The van der Waals surface area contributed by atoms with Crippen molar-refractivity contribution in [2.24, 2.45) is 5.73 Å². The van der Waals surface area contributed by atoms with Gasteiger partial charge in [0.05, 0.1) is 12.4 Å². The minimum absolute atomic E-state index is 0.0427. The molecule has 2 nitrogen and oxygen atoms in total. The summed E-state index contributed by atoms with van der Waals surface area (Å²) in [5, 5.41) is 0.887. The zero-order valence-corrected chi connectivity index (χ0v) is 13.8. The van der Waals surface area contributed by atoms with Crippen LogP contribution in [0.1, 0.15) is 24.2 Å². The third-order valence-electron chi connectivity index (χ3n) is 3.38. The highest BCUT2D eigenvalue weighted by molar-refractivity contribution is 7.99. The fourth-order valence-corrected chi connectivity index (χ4v) is 3.77. The third kappa shape index (κ3) is 4.16. The van der Waals surface area contributed by atoms with Gasteiger partial charge in [0.2, 0.25) is 0 Å². The van der Waals surface area contributed by atoms with Crippen LogP contribution in [0, 0.1) is 0 Å². The van der Waals surface area contributed by atoms with Crippen molar-refractivity contribution in [2.45, 2.75) is 29.5 Å². The van der Waals surface area contributed by atoms with Crippen molar-refractivity contribution in [1.29, 1.82) is 0 Å². The fraction of sp³-hybridized carbons (Fsp3) is 0.294. The van der Waals surface area contributed by atoms with Crippen molar-refractivity contribution in [3.63, 3.8) is 0 Å². The first-order chi connectivity index (χ1) is 10.2. The van der Waals surface area contributed by atoms with Crippen molar-refractivity contribution < 1.29 is 4.74 Å². The first kappa shape index (κ1) is 16.2. The number of hydrogen-bond donors (Lipinski definition) is 1. The normalized spacial score (nSPS) is 13.7. The van der Waals surface area contributed by atoms with Crippen LogP contribution in [-0.2, 0) is 0 Å². The van der Waals surface area contributed by atoms with Gasteiger partial charge < -0.3 is 10.5 Å². The Morgan fingerprint density at radius 2 is 1.95 bits per heavy atom. The number of rotatable bonds is 6. The Morgan fingerprint density at radius 1 is 1.19 bits per heavy atom. The highest BCUT2D eigenvalue weighted by Crippen LogP contribution is 2.41. The molecular weight excluding hydrogens is 302 g/mol. The molecule has 0 amide bonds. The van der Waals surface area contributed by atoms with Crippen LogP contribution in [0.2, 0.25) is 5.02 Å². The topological polar surface area (TPSA) is 35.2 Å². The maximum atomic E-state index is 6.35. The molecule has 0 bridgehead atoms. The number of benzene rings is 2. The second kappa shape index (κ2) is 7.74. The van der Waals surface area contributed by atoms with E-state index in [0.717, 1.165) is 27.7 Å². The number of halogens is 1. The lowest BCUT2D eigenvalue weighted by Crippen LogP contribution is -2.25. The fourth-order valence-electron chi connectivity index (χ4n) is 2.12. The summed E-state index contributed by atoms with van der Waals surface area (Å²) in [7, 11) is 1.67. The Hall–Kier alpha value is -1.16. The first-order valence-corrected chi connectivity index (χ1v) is 8.22. The summed E-state index contributed by atoms with van der Waals surface area (Å²) in [4.78, 5) is 1.13. The monoisotopic (exact) mass is 321 g/mol. The average Bonchev–Trinajstić information content (AvgIpc) is 2.53. The van der Waals surface area contributed by atoms with Crippen molar-refractivity contribution in [2.75, 3.05) is 7.11 Å². The van der Waals surface area contributed by atoms with Crippen LogP contribution in [0.4, 0.5) is 0 Å². The van der Waals surface area contributed by atoms with Gasteiger partial charge in [-0.3, -0.25) is 0 Å². The molecule has 0 aliphatic heterocycles. The second-order valence-corrected chi connectivity index (χ2v) is 6.43. The molecule has 0 saturated carbocycles. The lowest BCUT2D eigenvalue weighted by Gasteiger charge is -2.24. The molecule has 0 spiro atoms. The van der Waals surface area contributed by atoms with Crippen molar-refractivity contribution in [3.8, 4) is 5.75 Å². The molecule has 2 unspecified atom stereocenters. The molecule has 2 aromatic rings. The lowest BCUT2D eigenvalue weighted by molar-refractivity contribution is 0.413. The third-order valence-corrected chi connectivity index (χ3v) is 5.10. The molecule has 0 aliphatic rings. The highest BCUT2D eigenvalue weighted by atomic mass is 35.5. The van der Waals surface area contributed by atoms with Crippen molar-refractivity contribution in [1.82, 2.24) is 0 Å². The minimum Gasteiger partial charge on any atom is -0.497 e. The van der Waals surface area contributed by atoms with E-state index in [4.69, 9.17) is 22.1 Å². The number of nitrogens with two attached hydrogens (primary N) is 1. The zero-order chi connectivity index (χ0) is 15.2. The van der Waals surface area contributed by atoms with Gasteiger partial charge >= 0.3 is 0 Å². The molecule has 0 aromatic heterocycles. The van der Waals surface area contributed by atoms with E-state index in [9.17, 15) is 0 Å². The van der Waals surface area contributed by atoms with E-state index in [2.05, 4.69) is 19.1 Å². The molecule has 0 heterocycles. The van der Waals surface area contributed by atoms with E-state index in [1.54, 1.807) is 18.9 Å². The molecule has 21 heavy (non-hydrogen) atoms. The second-order valence-electron chi connectivity index (χ2n) is 4.81. The Morgan fingerprint density at radius 3 is 2.62 bits per heavy atom. The number of methoxy groups -OCH3 is 1. The van der Waals surface area contributed by atoms with Crippen LogP contribution in [0.3, 0.4) is 0 Å². The summed E-state index contributed by atoms with van der Waals surface area (Å²) in [6.07, 6.45) is 0.896. The Balaban J connectivity index is 2.31. The highest BCUT2D eigenvalue weighted by Gasteiger charge is 2.22. The number of hydrogen-bond acceptors (Lipinski definition) is 3. The molecule has 2 aromatic carbocycles. The Kier molecular flexibility index (Phi) is 5.97. The van der Waals surface area contributed by atoms with Crippen LogP contribution in [0.5, 0.6) is 5.75 Å². The zero-order valence-electron chi connectivity index (χ0n) is 12.3. The molecule has 2 N–H and O–H groups in total. The van der Waals surface area contributed by atoms with Crippen LogP contribution < -0.4 is 10.5 Å². The number of ether oxygens (including phenoxy) is 1. The molecule has 112 valence electrons. The van der Waals surface area contributed by atoms with Gasteiger partial charge in [-0.05, 0) is 36.2 Å². The van der Waals surface area contributed by atoms with Gasteiger partial charge in [-0.1, -0.05) is 42.8 Å². The van der Waals surface area contributed by atoms with E-state index in [0.29, 0.717) is 0 Å². The molecule has 0 saturated heterocycles. The SMILES string of the molecule is CCC(N)C(Sc1cccc(OC)c1)c1ccccc1Cl.